The Labute approximate surface area is 105 Å². The second kappa shape index (κ2) is 5.18. The van der Waals surface area contributed by atoms with Crippen LogP contribution in [0, 0.1) is 12.7 Å². The molecular weight excluding hydrogens is 233 g/mol. The molecule has 2 N–H and O–H groups in total. The van der Waals surface area contributed by atoms with E-state index in [1.54, 1.807) is 17.9 Å². The van der Waals surface area contributed by atoms with Crippen molar-refractivity contribution in [3.05, 3.63) is 35.8 Å². The van der Waals surface area contributed by atoms with Gasteiger partial charge in [-0.15, -0.1) is 0 Å². The van der Waals surface area contributed by atoms with Crippen molar-refractivity contribution in [1.82, 2.24) is 9.78 Å². The van der Waals surface area contributed by atoms with Gasteiger partial charge in [0.15, 0.2) is 0 Å². The molecule has 0 unspecified atom stereocenters. The number of halogens is 1. The lowest BCUT2D eigenvalue weighted by molar-refractivity contribution is 0.414. The Morgan fingerprint density at radius 2 is 2.17 bits per heavy atom. The highest BCUT2D eigenvalue weighted by atomic mass is 19.1. The number of hydrogen-bond acceptors (Lipinski definition) is 3. The average Bonchev–Trinajstić information content (AvgIpc) is 2.71. The van der Waals surface area contributed by atoms with Gasteiger partial charge >= 0.3 is 0 Å². The zero-order valence-electron chi connectivity index (χ0n) is 10.5. The van der Waals surface area contributed by atoms with Gasteiger partial charge in [-0.25, -0.2) is 4.39 Å². The van der Waals surface area contributed by atoms with Crippen molar-refractivity contribution in [1.29, 1.82) is 0 Å². The molecule has 0 saturated carbocycles. The lowest BCUT2D eigenvalue weighted by atomic mass is 10.1. The molecule has 96 valence electrons. The van der Waals surface area contributed by atoms with Crippen LogP contribution in [0.25, 0.3) is 11.3 Å². The fraction of sp³-hybridized carbons (Fsp3) is 0.308. The summed E-state index contributed by atoms with van der Waals surface area (Å²) in [6.45, 7) is 2.96. The first-order valence-electron chi connectivity index (χ1n) is 5.74. The van der Waals surface area contributed by atoms with E-state index >= 15 is 0 Å². The number of benzene rings is 1. The maximum Gasteiger partial charge on any atom is 0.128 e. The number of nitrogens with zero attached hydrogens (tertiary/aromatic N) is 2. The molecule has 1 aromatic carbocycles. The Morgan fingerprint density at radius 1 is 1.39 bits per heavy atom. The van der Waals surface area contributed by atoms with Gasteiger partial charge < -0.3 is 10.5 Å². The third kappa shape index (κ3) is 2.36. The van der Waals surface area contributed by atoms with E-state index in [0.717, 1.165) is 11.4 Å². The molecule has 5 heteroatoms. The third-order valence-corrected chi connectivity index (χ3v) is 2.68. The summed E-state index contributed by atoms with van der Waals surface area (Å²) in [5.74, 6) is 0.318. The van der Waals surface area contributed by atoms with E-state index in [4.69, 9.17) is 10.5 Å². The van der Waals surface area contributed by atoms with E-state index < -0.39 is 0 Å². The number of methoxy groups -OCH3 is 1. The molecule has 0 bridgehead atoms. The highest BCUT2D eigenvalue weighted by Crippen LogP contribution is 2.31. The molecule has 0 fully saturated rings. The molecule has 0 spiro atoms. The molecule has 0 radical (unpaired) electrons. The molecule has 0 aliphatic carbocycles. The Balaban J connectivity index is 2.56. The summed E-state index contributed by atoms with van der Waals surface area (Å²) < 4.78 is 20.4. The zero-order chi connectivity index (χ0) is 13.1. The lowest BCUT2D eigenvalue weighted by Crippen LogP contribution is -2.12. The van der Waals surface area contributed by atoms with Crippen molar-refractivity contribution in [3.8, 4) is 17.0 Å². The van der Waals surface area contributed by atoms with E-state index in [1.807, 2.05) is 13.0 Å². The van der Waals surface area contributed by atoms with Crippen LogP contribution in [0.5, 0.6) is 5.75 Å². The number of ether oxygens (including phenoxy) is 1. The highest BCUT2D eigenvalue weighted by Gasteiger charge is 2.13. The Bertz CT molecular complexity index is 551. The fourth-order valence-corrected chi connectivity index (χ4v) is 1.94. The number of rotatable bonds is 4. The van der Waals surface area contributed by atoms with Crippen molar-refractivity contribution in [2.45, 2.75) is 13.5 Å². The van der Waals surface area contributed by atoms with Crippen LogP contribution >= 0.6 is 0 Å². The zero-order valence-corrected chi connectivity index (χ0v) is 10.5. The summed E-state index contributed by atoms with van der Waals surface area (Å²) in [6.07, 6.45) is 0. The Kier molecular flexibility index (Phi) is 3.62. The largest absolute Gasteiger partial charge is 0.496 e. The lowest BCUT2D eigenvalue weighted by Gasteiger charge is -2.10. The number of nitrogens with two attached hydrogens (primary N) is 1. The second-order valence-corrected chi connectivity index (χ2v) is 4.03. The van der Waals surface area contributed by atoms with Gasteiger partial charge in [0.05, 0.1) is 25.0 Å². The number of aromatic nitrogens is 2. The molecule has 0 aliphatic rings. The molecule has 2 aromatic rings. The van der Waals surface area contributed by atoms with Crippen molar-refractivity contribution in [3.63, 3.8) is 0 Å². The molecule has 1 aromatic heterocycles. The maximum atomic E-state index is 13.4. The van der Waals surface area contributed by atoms with Gasteiger partial charge in [-0.05, 0) is 31.2 Å². The van der Waals surface area contributed by atoms with Crippen molar-refractivity contribution >= 4 is 0 Å². The predicted octanol–water partition coefficient (Wildman–Crippen LogP) is 1.96. The summed E-state index contributed by atoms with van der Waals surface area (Å²) in [5, 5.41) is 4.34. The van der Waals surface area contributed by atoms with Crippen LogP contribution < -0.4 is 10.5 Å². The molecule has 2 rings (SSSR count). The van der Waals surface area contributed by atoms with Crippen molar-refractivity contribution in [2.24, 2.45) is 5.73 Å². The van der Waals surface area contributed by atoms with E-state index in [1.165, 1.54) is 12.1 Å². The predicted molar refractivity (Wildman–Crippen MR) is 68.0 cm³/mol. The van der Waals surface area contributed by atoms with Gasteiger partial charge in [0.1, 0.15) is 11.6 Å². The fourth-order valence-electron chi connectivity index (χ4n) is 1.94. The third-order valence-electron chi connectivity index (χ3n) is 2.68. The van der Waals surface area contributed by atoms with Crippen LogP contribution in [0.3, 0.4) is 0 Å². The van der Waals surface area contributed by atoms with Gasteiger partial charge in [-0.1, -0.05) is 0 Å². The number of aryl methyl sites for hydroxylation is 1. The van der Waals surface area contributed by atoms with Crippen molar-refractivity contribution in [2.75, 3.05) is 13.7 Å². The molecule has 1 heterocycles. The van der Waals surface area contributed by atoms with E-state index in [-0.39, 0.29) is 5.82 Å². The first-order chi connectivity index (χ1) is 8.65. The summed E-state index contributed by atoms with van der Waals surface area (Å²) in [4.78, 5) is 0. The van der Waals surface area contributed by atoms with E-state index in [0.29, 0.717) is 24.4 Å². The second-order valence-electron chi connectivity index (χ2n) is 4.03. The minimum Gasteiger partial charge on any atom is -0.496 e. The maximum absolute atomic E-state index is 13.4. The first kappa shape index (κ1) is 12.6. The average molecular weight is 249 g/mol. The van der Waals surface area contributed by atoms with Gasteiger partial charge in [0.2, 0.25) is 0 Å². The topological polar surface area (TPSA) is 53.1 Å². The van der Waals surface area contributed by atoms with E-state index in [2.05, 4.69) is 5.10 Å². The molecule has 0 amide bonds. The monoisotopic (exact) mass is 249 g/mol. The van der Waals surface area contributed by atoms with Crippen LogP contribution in [0.4, 0.5) is 4.39 Å². The Hall–Kier alpha value is -1.88. The normalized spacial score (nSPS) is 10.7. The van der Waals surface area contributed by atoms with Crippen LogP contribution in [0.1, 0.15) is 5.69 Å². The van der Waals surface area contributed by atoms with E-state index in [9.17, 15) is 4.39 Å². The molecule has 0 aliphatic heterocycles. The summed E-state index contributed by atoms with van der Waals surface area (Å²) in [5.41, 5.74) is 7.92. The van der Waals surface area contributed by atoms with Crippen LogP contribution in [0.15, 0.2) is 24.3 Å². The molecular formula is C13H16FN3O. The van der Waals surface area contributed by atoms with Crippen LogP contribution in [0.2, 0.25) is 0 Å². The minimum atomic E-state index is -0.302. The number of hydrogen-bond donors (Lipinski definition) is 1. The molecule has 0 saturated heterocycles. The first-order valence-corrected chi connectivity index (χ1v) is 5.74. The standard InChI is InChI=1S/C13H16FN3O/c1-9-7-12(17(16-9)6-5-15)11-8-10(14)3-4-13(11)18-2/h3-4,7-8H,5-6,15H2,1-2H3. The van der Waals surface area contributed by atoms with Gasteiger partial charge in [0, 0.05) is 12.1 Å². The minimum absolute atomic E-state index is 0.302. The summed E-state index contributed by atoms with van der Waals surface area (Å²) in [6, 6.07) is 6.33. The molecule has 18 heavy (non-hydrogen) atoms. The molecule has 4 nitrogen and oxygen atoms in total. The summed E-state index contributed by atoms with van der Waals surface area (Å²) in [7, 11) is 1.56. The smallest absolute Gasteiger partial charge is 0.128 e. The molecule has 0 atom stereocenters. The van der Waals surface area contributed by atoms with Gasteiger partial charge in [-0.3, -0.25) is 4.68 Å². The van der Waals surface area contributed by atoms with Gasteiger partial charge in [0.25, 0.3) is 0 Å². The van der Waals surface area contributed by atoms with Crippen LogP contribution in [-0.4, -0.2) is 23.4 Å². The Morgan fingerprint density at radius 3 is 2.83 bits per heavy atom. The van der Waals surface area contributed by atoms with Gasteiger partial charge in [-0.2, -0.15) is 5.10 Å². The van der Waals surface area contributed by atoms with Crippen molar-refractivity contribution < 1.29 is 9.13 Å². The quantitative estimate of drug-likeness (QED) is 0.901. The highest BCUT2D eigenvalue weighted by molar-refractivity contribution is 5.68. The van der Waals surface area contributed by atoms with Crippen LogP contribution in [-0.2, 0) is 6.54 Å². The SMILES string of the molecule is COc1ccc(F)cc1-c1cc(C)nn1CCN. The summed E-state index contributed by atoms with van der Waals surface area (Å²) >= 11 is 0.